The van der Waals surface area contributed by atoms with Gasteiger partial charge in [0.15, 0.2) is 0 Å². The highest BCUT2D eigenvalue weighted by molar-refractivity contribution is 5.95. The SMILES string of the molecule is CN(C)Cc1cccc(NC(=O)C2CCCN2)c1. The molecule has 1 atom stereocenters. The van der Waals surface area contributed by atoms with Crippen molar-refractivity contribution < 1.29 is 4.79 Å². The Morgan fingerprint density at radius 1 is 1.50 bits per heavy atom. The molecule has 1 saturated heterocycles. The smallest absolute Gasteiger partial charge is 0.241 e. The molecule has 0 radical (unpaired) electrons. The van der Waals surface area contributed by atoms with Crippen molar-refractivity contribution >= 4 is 11.6 Å². The first kappa shape index (κ1) is 13.1. The molecule has 1 unspecified atom stereocenters. The van der Waals surface area contributed by atoms with Crippen LogP contribution in [0.25, 0.3) is 0 Å². The second-order valence-corrected chi connectivity index (χ2v) is 5.08. The fraction of sp³-hybridized carbons (Fsp3) is 0.500. The van der Waals surface area contributed by atoms with Gasteiger partial charge in [-0.2, -0.15) is 0 Å². The molecule has 0 aromatic heterocycles. The number of anilines is 1. The normalized spacial score (nSPS) is 19.2. The summed E-state index contributed by atoms with van der Waals surface area (Å²) < 4.78 is 0. The van der Waals surface area contributed by atoms with Crippen molar-refractivity contribution in [3.8, 4) is 0 Å². The third-order valence-corrected chi connectivity index (χ3v) is 3.07. The van der Waals surface area contributed by atoms with Crippen LogP contribution >= 0.6 is 0 Å². The lowest BCUT2D eigenvalue weighted by Gasteiger charge is -2.13. The maximum absolute atomic E-state index is 12.0. The molecule has 1 amide bonds. The number of carbonyl (C=O) groups is 1. The third kappa shape index (κ3) is 3.55. The molecule has 0 aliphatic carbocycles. The highest BCUT2D eigenvalue weighted by Gasteiger charge is 2.21. The minimum atomic E-state index is -0.0255. The Balaban J connectivity index is 1.97. The van der Waals surface area contributed by atoms with Gasteiger partial charge in [0.05, 0.1) is 6.04 Å². The Bertz CT molecular complexity index is 411. The van der Waals surface area contributed by atoms with Gasteiger partial charge in [0, 0.05) is 12.2 Å². The predicted molar refractivity (Wildman–Crippen MR) is 73.5 cm³/mol. The molecule has 1 aliphatic rings. The van der Waals surface area contributed by atoms with Gasteiger partial charge in [0.2, 0.25) is 5.91 Å². The lowest BCUT2D eigenvalue weighted by Crippen LogP contribution is -2.35. The quantitative estimate of drug-likeness (QED) is 0.846. The van der Waals surface area contributed by atoms with E-state index in [-0.39, 0.29) is 11.9 Å². The van der Waals surface area contributed by atoms with Crippen LogP contribution in [0.1, 0.15) is 18.4 Å². The highest BCUT2D eigenvalue weighted by atomic mass is 16.2. The molecule has 18 heavy (non-hydrogen) atoms. The van der Waals surface area contributed by atoms with Gasteiger partial charge in [0.1, 0.15) is 0 Å². The van der Waals surface area contributed by atoms with Crippen LogP contribution in [0.2, 0.25) is 0 Å². The molecule has 0 spiro atoms. The van der Waals surface area contributed by atoms with Crippen molar-refractivity contribution in [3.05, 3.63) is 29.8 Å². The summed E-state index contributed by atoms with van der Waals surface area (Å²) in [6.45, 7) is 1.82. The average Bonchev–Trinajstić information content (AvgIpc) is 2.81. The van der Waals surface area contributed by atoms with E-state index in [4.69, 9.17) is 0 Å². The van der Waals surface area contributed by atoms with E-state index in [9.17, 15) is 4.79 Å². The van der Waals surface area contributed by atoms with Gasteiger partial charge in [-0.05, 0) is 51.2 Å². The Hall–Kier alpha value is -1.39. The zero-order chi connectivity index (χ0) is 13.0. The van der Waals surface area contributed by atoms with Crippen molar-refractivity contribution in [3.63, 3.8) is 0 Å². The summed E-state index contributed by atoms with van der Waals surface area (Å²) in [5.74, 6) is 0.0782. The van der Waals surface area contributed by atoms with E-state index in [0.717, 1.165) is 31.6 Å². The second kappa shape index (κ2) is 5.98. The zero-order valence-corrected chi connectivity index (χ0v) is 11.1. The van der Waals surface area contributed by atoms with E-state index in [1.165, 1.54) is 5.56 Å². The Kier molecular flexibility index (Phi) is 4.33. The van der Waals surface area contributed by atoms with Gasteiger partial charge >= 0.3 is 0 Å². The fourth-order valence-electron chi connectivity index (χ4n) is 2.25. The molecular formula is C14H21N3O. The number of nitrogens with zero attached hydrogens (tertiary/aromatic N) is 1. The molecule has 1 fully saturated rings. The first-order valence-corrected chi connectivity index (χ1v) is 6.43. The van der Waals surface area contributed by atoms with Crippen molar-refractivity contribution in [2.24, 2.45) is 0 Å². The summed E-state index contributed by atoms with van der Waals surface area (Å²) in [7, 11) is 4.07. The van der Waals surface area contributed by atoms with Crippen LogP contribution < -0.4 is 10.6 Å². The topological polar surface area (TPSA) is 44.4 Å². The number of hydrogen-bond donors (Lipinski definition) is 2. The van der Waals surface area contributed by atoms with Gasteiger partial charge in [-0.3, -0.25) is 4.79 Å². The first-order chi connectivity index (χ1) is 8.65. The van der Waals surface area contributed by atoms with Gasteiger partial charge in [-0.25, -0.2) is 0 Å². The highest BCUT2D eigenvalue weighted by Crippen LogP contribution is 2.14. The van der Waals surface area contributed by atoms with Crippen molar-refractivity contribution in [2.75, 3.05) is 26.0 Å². The van der Waals surface area contributed by atoms with Crippen LogP contribution in [-0.4, -0.2) is 37.5 Å². The predicted octanol–water partition coefficient (Wildman–Crippen LogP) is 1.44. The molecular weight excluding hydrogens is 226 g/mol. The largest absolute Gasteiger partial charge is 0.325 e. The molecule has 2 N–H and O–H groups in total. The van der Waals surface area contributed by atoms with Crippen LogP contribution in [-0.2, 0) is 11.3 Å². The number of rotatable bonds is 4. The van der Waals surface area contributed by atoms with Gasteiger partial charge in [0.25, 0.3) is 0 Å². The minimum Gasteiger partial charge on any atom is -0.325 e. The van der Waals surface area contributed by atoms with E-state index >= 15 is 0 Å². The molecule has 98 valence electrons. The fourth-order valence-corrected chi connectivity index (χ4v) is 2.25. The Morgan fingerprint density at radius 2 is 2.33 bits per heavy atom. The molecule has 0 bridgehead atoms. The minimum absolute atomic E-state index is 0.0255. The summed E-state index contributed by atoms with van der Waals surface area (Å²) in [5, 5.41) is 6.18. The van der Waals surface area contributed by atoms with Crippen LogP contribution in [0, 0.1) is 0 Å². The van der Waals surface area contributed by atoms with E-state index in [2.05, 4.69) is 21.6 Å². The molecule has 1 heterocycles. The standard InChI is InChI=1S/C14H21N3O/c1-17(2)10-11-5-3-6-12(9-11)16-14(18)13-7-4-8-15-13/h3,5-6,9,13,15H,4,7-8,10H2,1-2H3,(H,16,18). The van der Waals surface area contributed by atoms with E-state index in [1.807, 2.05) is 32.3 Å². The lowest BCUT2D eigenvalue weighted by molar-refractivity contribution is -0.117. The monoisotopic (exact) mass is 247 g/mol. The summed E-state index contributed by atoms with van der Waals surface area (Å²) >= 11 is 0. The average molecular weight is 247 g/mol. The molecule has 0 saturated carbocycles. The summed E-state index contributed by atoms with van der Waals surface area (Å²) in [4.78, 5) is 14.1. The molecule has 1 aromatic carbocycles. The van der Waals surface area contributed by atoms with Crippen LogP contribution in [0.15, 0.2) is 24.3 Å². The number of hydrogen-bond acceptors (Lipinski definition) is 3. The van der Waals surface area contributed by atoms with Crippen molar-refractivity contribution in [1.82, 2.24) is 10.2 Å². The summed E-state index contributed by atoms with van der Waals surface area (Å²) in [6.07, 6.45) is 2.02. The van der Waals surface area contributed by atoms with E-state index in [0.29, 0.717) is 0 Å². The maximum Gasteiger partial charge on any atom is 0.241 e. The molecule has 2 rings (SSSR count). The van der Waals surface area contributed by atoms with E-state index in [1.54, 1.807) is 0 Å². The van der Waals surface area contributed by atoms with Gasteiger partial charge < -0.3 is 15.5 Å². The van der Waals surface area contributed by atoms with Gasteiger partial charge in [-0.1, -0.05) is 12.1 Å². The molecule has 4 heteroatoms. The summed E-state index contributed by atoms with van der Waals surface area (Å²) in [5.41, 5.74) is 2.09. The zero-order valence-electron chi connectivity index (χ0n) is 11.1. The van der Waals surface area contributed by atoms with Gasteiger partial charge in [-0.15, -0.1) is 0 Å². The Labute approximate surface area is 108 Å². The second-order valence-electron chi connectivity index (χ2n) is 5.08. The third-order valence-electron chi connectivity index (χ3n) is 3.07. The Morgan fingerprint density at radius 3 is 3.00 bits per heavy atom. The van der Waals surface area contributed by atoms with Crippen LogP contribution in [0.4, 0.5) is 5.69 Å². The van der Waals surface area contributed by atoms with Crippen LogP contribution in [0.5, 0.6) is 0 Å². The number of carbonyl (C=O) groups excluding carboxylic acids is 1. The molecule has 4 nitrogen and oxygen atoms in total. The number of amides is 1. The number of nitrogens with one attached hydrogen (secondary N) is 2. The van der Waals surface area contributed by atoms with Crippen molar-refractivity contribution in [1.29, 1.82) is 0 Å². The summed E-state index contributed by atoms with van der Waals surface area (Å²) in [6, 6.07) is 8.00. The van der Waals surface area contributed by atoms with Crippen LogP contribution in [0.3, 0.4) is 0 Å². The van der Waals surface area contributed by atoms with E-state index < -0.39 is 0 Å². The maximum atomic E-state index is 12.0. The number of benzene rings is 1. The van der Waals surface area contributed by atoms with Crippen molar-refractivity contribution in [2.45, 2.75) is 25.4 Å². The lowest BCUT2D eigenvalue weighted by atomic mass is 10.1. The first-order valence-electron chi connectivity index (χ1n) is 6.43. The molecule has 1 aromatic rings. The molecule has 1 aliphatic heterocycles.